The summed E-state index contributed by atoms with van der Waals surface area (Å²) >= 11 is 0. The Morgan fingerprint density at radius 1 is 1.20 bits per heavy atom. The van der Waals surface area contributed by atoms with Gasteiger partial charge in [0.1, 0.15) is 17.8 Å². The van der Waals surface area contributed by atoms with Crippen molar-refractivity contribution in [1.29, 1.82) is 0 Å². The molecular formula is C25H28F3N5O2. The Bertz CT molecular complexity index is 1330. The van der Waals surface area contributed by atoms with E-state index < -0.39 is 17.8 Å². The second-order valence-corrected chi connectivity index (χ2v) is 9.09. The van der Waals surface area contributed by atoms with Gasteiger partial charge in [-0.1, -0.05) is 12.1 Å². The highest BCUT2D eigenvalue weighted by atomic mass is 19.4. The maximum atomic E-state index is 13.4. The van der Waals surface area contributed by atoms with Gasteiger partial charge in [0.25, 0.3) is 5.56 Å². The third-order valence-electron chi connectivity index (χ3n) is 6.91. The van der Waals surface area contributed by atoms with E-state index in [1.807, 2.05) is 0 Å². The van der Waals surface area contributed by atoms with Gasteiger partial charge in [-0.25, -0.2) is 9.97 Å². The van der Waals surface area contributed by atoms with Crippen molar-refractivity contribution >= 4 is 22.8 Å². The van der Waals surface area contributed by atoms with E-state index in [0.717, 1.165) is 6.07 Å². The number of hydrogen-bond donors (Lipinski definition) is 1. The molecule has 1 saturated heterocycles. The largest absolute Gasteiger partial charge is 0.416 e. The minimum absolute atomic E-state index is 0.00936. The van der Waals surface area contributed by atoms with Gasteiger partial charge in [0.15, 0.2) is 0 Å². The second kappa shape index (κ2) is 9.31. The van der Waals surface area contributed by atoms with Gasteiger partial charge in [0.2, 0.25) is 5.91 Å². The van der Waals surface area contributed by atoms with Gasteiger partial charge in [-0.2, -0.15) is 13.2 Å². The molecule has 0 spiro atoms. The molecule has 0 saturated carbocycles. The lowest BCUT2D eigenvalue weighted by atomic mass is 9.89. The highest BCUT2D eigenvalue weighted by Crippen LogP contribution is 2.36. The number of rotatable bonds is 4. The van der Waals surface area contributed by atoms with E-state index in [1.54, 1.807) is 31.0 Å². The molecular weight excluding hydrogens is 459 g/mol. The zero-order valence-electron chi connectivity index (χ0n) is 20.1. The van der Waals surface area contributed by atoms with Crippen molar-refractivity contribution in [3.05, 3.63) is 63.2 Å². The number of carbonyl (C=O) groups is 1. The number of halogens is 3. The summed E-state index contributed by atoms with van der Waals surface area (Å²) in [5.41, 5.74) is 0.911. The average molecular weight is 488 g/mol. The predicted octanol–water partition coefficient (Wildman–Crippen LogP) is 4.55. The molecule has 1 N–H and O–H groups in total. The summed E-state index contributed by atoms with van der Waals surface area (Å²) in [4.78, 5) is 35.2. The molecule has 1 aliphatic heterocycles. The van der Waals surface area contributed by atoms with Gasteiger partial charge in [-0.05, 0) is 55.9 Å². The maximum Gasteiger partial charge on any atom is 0.416 e. The normalized spacial score (nSPS) is 15.9. The van der Waals surface area contributed by atoms with Crippen molar-refractivity contribution in [2.45, 2.75) is 51.7 Å². The molecule has 10 heteroatoms. The average Bonchev–Trinajstić information content (AvgIpc) is 2.81. The van der Waals surface area contributed by atoms with Crippen LogP contribution in [0.3, 0.4) is 0 Å². The first-order valence-corrected chi connectivity index (χ1v) is 11.5. The highest BCUT2D eigenvalue weighted by molar-refractivity contribution is 5.87. The maximum absolute atomic E-state index is 13.4. The number of nitrogens with zero attached hydrogens (tertiary/aromatic N) is 4. The molecule has 1 aromatic carbocycles. The lowest BCUT2D eigenvalue weighted by Crippen LogP contribution is -2.38. The third kappa shape index (κ3) is 4.74. The van der Waals surface area contributed by atoms with Crippen molar-refractivity contribution in [3.63, 3.8) is 0 Å². The van der Waals surface area contributed by atoms with Crippen LogP contribution in [0.5, 0.6) is 0 Å². The van der Waals surface area contributed by atoms with Crippen molar-refractivity contribution in [2.24, 2.45) is 7.05 Å². The molecule has 0 radical (unpaired) electrons. The molecule has 35 heavy (non-hydrogen) atoms. The summed E-state index contributed by atoms with van der Waals surface area (Å²) in [7, 11) is 1.65. The van der Waals surface area contributed by atoms with Crippen LogP contribution < -0.4 is 10.9 Å². The number of nitrogens with one attached hydrogen (secondary N) is 1. The van der Waals surface area contributed by atoms with Crippen molar-refractivity contribution in [2.75, 3.05) is 18.4 Å². The number of pyridine rings is 1. The van der Waals surface area contributed by atoms with E-state index in [2.05, 4.69) is 15.3 Å². The monoisotopic (exact) mass is 487 g/mol. The Kier molecular flexibility index (Phi) is 6.57. The molecule has 3 aromatic rings. The van der Waals surface area contributed by atoms with Crippen LogP contribution in [0.25, 0.3) is 11.0 Å². The first-order valence-electron chi connectivity index (χ1n) is 11.5. The minimum atomic E-state index is -4.44. The fourth-order valence-corrected chi connectivity index (χ4v) is 4.92. The molecule has 3 heterocycles. The lowest BCUT2D eigenvalue weighted by Gasteiger charge is -2.31. The first kappa shape index (κ1) is 24.7. The van der Waals surface area contributed by atoms with Crippen LogP contribution in [0.1, 0.15) is 60.9 Å². The van der Waals surface area contributed by atoms with E-state index in [9.17, 15) is 22.8 Å². The van der Waals surface area contributed by atoms with E-state index in [4.69, 9.17) is 0 Å². The third-order valence-corrected chi connectivity index (χ3v) is 6.91. The summed E-state index contributed by atoms with van der Waals surface area (Å²) in [6.07, 6.45) is -1.75. The molecule has 0 unspecified atom stereocenters. The first-order chi connectivity index (χ1) is 16.5. The molecule has 0 bridgehead atoms. The Balaban J connectivity index is 1.71. The van der Waals surface area contributed by atoms with Crippen LogP contribution in [0.15, 0.2) is 35.4 Å². The predicted molar refractivity (Wildman–Crippen MR) is 127 cm³/mol. The van der Waals surface area contributed by atoms with Crippen LogP contribution in [0.4, 0.5) is 19.0 Å². The topological polar surface area (TPSA) is 80.1 Å². The molecule has 0 aliphatic carbocycles. The smallest absolute Gasteiger partial charge is 0.363 e. The molecule has 2 aromatic heterocycles. The van der Waals surface area contributed by atoms with Crippen molar-refractivity contribution in [3.8, 4) is 0 Å². The fraction of sp³-hybridized carbons (Fsp3) is 0.440. The van der Waals surface area contributed by atoms with Gasteiger partial charge in [0.05, 0.1) is 17.0 Å². The van der Waals surface area contributed by atoms with E-state index in [0.29, 0.717) is 53.9 Å². The Labute approximate surface area is 201 Å². The van der Waals surface area contributed by atoms with Crippen LogP contribution >= 0.6 is 0 Å². The number of anilines is 1. The van der Waals surface area contributed by atoms with E-state index in [1.165, 1.54) is 30.8 Å². The lowest BCUT2D eigenvalue weighted by molar-refractivity contribution is -0.138. The number of piperidine rings is 1. The molecule has 7 nitrogen and oxygen atoms in total. The number of aryl methyl sites for hydroxylation is 1. The number of amides is 1. The van der Waals surface area contributed by atoms with Crippen molar-refractivity contribution in [1.82, 2.24) is 19.4 Å². The second-order valence-electron chi connectivity index (χ2n) is 9.09. The van der Waals surface area contributed by atoms with Crippen molar-refractivity contribution < 1.29 is 18.0 Å². The number of aromatic nitrogens is 3. The summed E-state index contributed by atoms with van der Waals surface area (Å²) in [5, 5.41) is 3.85. The summed E-state index contributed by atoms with van der Waals surface area (Å²) in [6.45, 7) is 5.95. The number of alkyl halides is 3. The standard InChI is InChI=1S/C25H28F3N5O2/c1-14-18(6-5-7-21(14)25(26,27)28)15(2)31-22-20-12-19(17-8-10-33(11-9-17)16(3)34)24(35)32(4)23(20)30-13-29-22/h5-7,12-13,15,17H,8-11H2,1-4H3,(H,29,30,31)/t15-/m1/s1. The van der Waals surface area contributed by atoms with Crippen LogP contribution in [-0.2, 0) is 18.0 Å². The van der Waals surface area contributed by atoms with Gasteiger partial charge >= 0.3 is 6.18 Å². The molecule has 186 valence electrons. The minimum Gasteiger partial charge on any atom is -0.363 e. The van der Waals surface area contributed by atoms with Crippen LogP contribution in [-0.4, -0.2) is 38.4 Å². The van der Waals surface area contributed by atoms with Crippen LogP contribution in [0.2, 0.25) is 0 Å². The van der Waals surface area contributed by atoms with Gasteiger partial charge in [0, 0.05) is 32.6 Å². The Hall–Kier alpha value is -3.43. The van der Waals surface area contributed by atoms with E-state index in [-0.39, 0.29) is 22.9 Å². The Morgan fingerprint density at radius 3 is 2.51 bits per heavy atom. The number of fused-ring (bicyclic) bond motifs is 1. The molecule has 1 aliphatic rings. The molecule has 1 amide bonds. The SMILES string of the molecule is CC(=O)N1CCC(c2cc3c(N[C@H](C)c4cccc(C(F)(F)F)c4C)ncnc3n(C)c2=O)CC1. The zero-order valence-corrected chi connectivity index (χ0v) is 20.1. The van der Waals surface area contributed by atoms with Gasteiger partial charge in [-0.3, -0.25) is 14.2 Å². The number of hydrogen-bond acceptors (Lipinski definition) is 5. The van der Waals surface area contributed by atoms with E-state index >= 15 is 0 Å². The molecule has 4 rings (SSSR count). The molecule has 1 fully saturated rings. The highest BCUT2D eigenvalue weighted by Gasteiger charge is 2.33. The van der Waals surface area contributed by atoms with Gasteiger partial charge in [-0.15, -0.1) is 0 Å². The molecule has 1 atom stereocenters. The Morgan fingerprint density at radius 2 is 1.89 bits per heavy atom. The van der Waals surface area contributed by atoms with Gasteiger partial charge < -0.3 is 10.2 Å². The zero-order chi connectivity index (χ0) is 25.5. The quantitative estimate of drug-likeness (QED) is 0.584. The summed E-state index contributed by atoms with van der Waals surface area (Å²) in [6, 6.07) is 5.45. The number of likely N-dealkylation sites (tertiary alicyclic amines) is 1. The van der Waals surface area contributed by atoms with Crippen LogP contribution in [0, 0.1) is 6.92 Å². The fourth-order valence-electron chi connectivity index (χ4n) is 4.92. The number of benzene rings is 1. The summed E-state index contributed by atoms with van der Waals surface area (Å²) in [5.74, 6) is 0.454. The summed E-state index contributed by atoms with van der Waals surface area (Å²) < 4.78 is 41.7. The number of carbonyl (C=O) groups excluding carboxylic acids is 1.